The summed E-state index contributed by atoms with van der Waals surface area (Å²) in [6.45, 7) is 0.199. The first-order valence-electron chi connectivity index (χ1n) is 9.99. The van der Waals surface area contributed by atoms with Crippen LogP contribution in [0.5, 0.6) is 0 Å². The molecule has 0 aliphatic heterocycles. The van der Waals surface area contributed by atoms with Crippen molar-refractivity contribution in [1.82, 2.24) is 20.1 Å². The Balaban J connectivity index is 1.46. The number of para-hydroxylation sites is 1. The van der Waals surface area contributed by atoms with E-state index in [0.29, 0.717) is 16.9 Å². The van der Waals surface area contributed by atoms with Crippen molar-refractivity contribution in [3.05, 3.63) is 95.4 Å². The summed E-state index contributed by atoms with van der Waals surface area (Å²) in [4.78, 5) is 29.3. The molecule has 2 N–H and O–H groups in total. The minimum absolute atomic E-state index is 0.150. The zero-order valence-electron chi connectivity index (χ0n) is 17.0. The number of hydrogen-bond acceptors (Lipinski definition) is 4. The Morgan fingerprint density at radius 2 is 1.75 bits per heavy atom. The predicted octanol–water partition coefficient (Wildman–Crippen LogP) is 4.46. The van der Waals surface area contributed by atoms with Crippen LogP contribution >= 0.6 is 15.9 Å². The molecule has 8 heteroatoms. The van der Waals surface area contributed by atoms with Gasteiger partial charge in [0.05, 0.1) is 11.3 Å². The Labute approximate surface area is 193 Å². The number of anilines is 1. The normalized spacial score (nSPS) is 10.5. The summed E-state index contributed by atoms with van der Waals surface area (Å²) in [5, 5.41) is 10.2. The lowest BCUT2D eigenvalue weighted by Gasteiger charge is -2.07. The molecular weight excluding hydrogens is 470 g/mol. The second kappa shape index (κ2) is 10.0. The standard InChI is InChI=1S/C24H20BrN5O2/c25-18-8-10-19(11-9-18)28-22(31)12-14-27-24(32)21-16-30(20-6-2-1-3-7-20)29-23(21)17-5-4-13-26-15-17/h1-11,13,15-16H,12,14H2,(H,27,32)(H,28,31). The monoisotopic (exact) mass is 489 g/mol. The third kappa shape index (κ3) is 5.28. The van der Waals surface area contributed by atoms with Crippen molar-refractivity contribution in [2.24, 2.45) is 0 Å². The number of carbonyl (C=O) groups excluding carboxylic acids is 2. The second-order valence-corrected chi connectivity index (χ2v) is 7.89. The van der Waals surface area contributed by atoms with Crippen LogP contribution in [0.1, 0.15) is 16.8 Å². The molecule has 0 unspecified atom stereocenters. The zero-order chi connectivity index (χ0) is 22.3. The largest absolute Gasteiger partial charge is 0.351 e. The molecule has 4 aromatic rings. The van der Waals surface area contributed by atoms with Crippen molar-refractivity contribution in [1.29, 1.82) is 0 Å². The van der Waals surface area contributed by atoms with E-state index in [-0.39, 0.29) is 24.8 Å². The molecule has 0 fully saturated rings. The molecule has 0 aliphatic carbocycles. The highest BCUT2D eigenvalue weighted by Crippen LogP contribution is 2.23. The van der Waals surface area contributed by atoms with Crippen LogP contribution < -0.4 is 10.6 Å². The summed E-state index contributed by atoms with van der Waals surface area (Å²) in [5.74, 6) is -0.484. The van der Waals surface area contributed by atoms with Crippen molar-refractivity contribution in [3.8, 4) is 16.9 Å². The van der Waals surface area contributed by atoms with Crippen LogP contribution in [0.15, 0.2) is 89.8 Å². The lowest BCUT2D eigenvalue weighted by Crippen LogP contribution is -2.27. The number of nitrogens with one attached hydrogen (secondary N) is 2. The fraction of sp³-hybridized carbons (Fsp3) is 0.0833. The minimum Gasteiger partial charge on any atom is -0.351 e. The number of amides is 2. The van der Waals surface area contributed by atoms with Gasteiger partial charge in [0.1, 0.15) is 5.69 Å². The number of hydrogen-bond donors (Lipinski definition) is 2. The Kier molecular flexibility index (Phi) is 6.72. The van der Waals surface area contributed by atoms with E-state index >= 15 is 0 Å². The zero-order valence-corrected chi connectivity index (χ0v) is 18.6. The van der Waals surface area contributed by atoms with Gasteiger partial charge >= 0.3 is 0 Å². The van der Waals surface area contributed by atoms with Gasteiger partial charge in [-0.1, -0.05) is 34.1 Å². The van der Waals surface area contributed by atoms with E-state index < -0.39 is 0 Å². The second-order valence-electron chi connectivity index (χ2n) is 6.97. The van der Waals surface area contributed by atoms with E-state index in [1.165, 1.54) is 0 Å². The van der Waals surface area contributed by atoms with Crippen LogP contribution in [0.25, 0.3) is 16.9 Å². The van der Waals surface area contributed by atoms with Gasteiger partial charge in [0.25, 0.3) is 5.91 Å². The first kappa shape index (κ1) is 21.5. The molecule has 160 valence electrons. The molecule has 2 aromatic carbocycles. The van der Waals surface area contributed by atoms with E-state index in [2.05, 4.69) is 36.6 Å². The molecule has 0 bridgehead atoms. The highest BCUT2D eigenvalue weighted by Gasteiger charge is 2.19. The molecule has 0 aliphatic rings. The molecule has 2 amide bonds. The highest BCUT2D eigenvalue weighted by atomic mass is 79.9. The first-order valence-corrected chi connectivity index (χ1v) is 10.8. The van der Waals surface area contributed by atoms with Crippen molar-refractivity contribution in [3.63, 3.8) is 0 Å². The average Bonchev–Trinajstić information content (AvgIpc) is 3.27. The minimum atomic E-state index is -0.303. The highest BCUT2D eigenvalue weighted by molar-refractivity contribution is 9.10. The summed E-state index contributed by atoms with van der Waals surface area (Å²) in [6, 6.07) is 20.5. The smallest absolute Gasteiger partial charge is 0.255 e. The third-order valence-corrected chi connectivity index (χ3v) is 5.21. The number of pyridine rings is 1. The fourth-order valence-corrected chi connectivity index (χ4v) is 3.37. The molecule has 7 nitrogen and oxygen atoms in total. The molecule has 2 heterocycles. The summed E-state index contributed by atoms with van der Waals surface area (Å²) >= 11 is 3.36. The van der Waals surface area contributed by atoms with Gasteiger partial charge in [-0.3, -0.25) is 14.6 Å². The lowest BCUT2D eigenvalue weighted by molar-refractivity contribution is -0.116. The predicted molar refractivity (Wildman–Crippen MR) is 127 cm³/mol. The van der Waals surface area contributed by atoms with Crippen molar-refractivity contribution in [2.45, 2.75) is 6.42 Å². The van der Waals surface area contributed by atoms with Crippen molar-refractivity contribution >= 4 is 33.4 Å². The van der Waals surface area contributed by atoms with E-state index in [0.717, 1.165) is 15.7 Å². The molecule has 0 saturated heterocycles. The molecule has 0 saturated carbocycles. The average molecular weight is 490 g/mol. The molecular formula is C24H20BrN5O2. The number of carbonyl (C=O) groups is 2. The number of aromatic nitrogens is 3. The summed E-state index contributed by atoms with van der Waals surface area (Å²) in [6.07, 6.45) is 5.17. The molecule has 4 rings (SSSR count). The van der Waals surface area contributed by atoms with Gasteiger partial charge in [-0.25, -0.2) is 4.68 Å². The SMILES string of the molecule is O=C(CCNC(=O)c1cn(-c2ccccc2)nc1-c1cccnc1)Nc1ccc(Br)cc1. The summed E-state index contributed by atoms with van der Waals surface area (Å²) in [7, 11) is 0. The van der Waals surface area contributed by atoms with E-state index in [1.807, 2.05) is 48.5 Å². The summed E-state index contributed by atoms with van der Waals surface area (Å²) in [5.41, 5.74) is 3.22. The molecule has 0 spiro atoms. The van der Waals surface area contributed by atoms with Gasteiger partial charge in [-0.2, -0.15) is 5.10 Å². The Hall–Kier alpha value is -3.78. The van der Waals surface area contributed by atoms with Gasteiger partial charge < -0.3 is 10.6 Å². The Morgan fingerprint density at radius 3 is 2.47 bits per heavy atom. The topological polar surface area (TPSA) is 88.9 Å². The van der Waals surface area contributed by atoms with E-state index in [4.69, 9.17) is 0 Å². The van der Waals surface area contributed by atoms with E-state index in [1.54, 1.807) is 41.5 Å². The molecule has 32 heavy (non-hydrogen) atoms. The van der Waals surface area contributed by atoms with E-state index in [9.17, 15) is 9.59 Å². The lowest BCUT2D eigenvalue weighted by atomic mass is 10.1. The number of benzene rings is 2. The Morgan fingerprint density at radius 1 is 0.969 bits per heavy atom. The van der Waals surface area contributed by atoms with Gasteiger partial charge in [0, 0.05) is 47.3 Å². The summed E-state index contributed by atoms with van der Waals surface area (Å²) < 4.78 is 2.60. The van der Waals surface area contributed by atoms with Crippen LogP contribution in [-0.2, 0) is 4.79 Å². The van der Waals surface area contributed by atoms with Gasteiger partial charge in [0.2, 0.25) is 5.91 Å². The Bertz CT molecular complexity index is 1210. The number of rotatable bonds is 7. The van der Waals surface area contributed by atoms with Crippen molar-refractivity contribution < 1.29 is 9.59 Å². The maximum absolute atomic E-state index is 12.9. The van der Waals surface area contributed by atoms with Crippen LogP contribution in [0.4, 0.5) is 5.69 Å². The van der Waals surface area contributed by atoms with Crippen LogP contribution in [-0.4, -0.2) is 33.1 Å². The van der Waals surface area contributed by atoms with Crippen LogP contribution in [0.3, 0.4) is 0 Å². The van der Waals surface area contributed by atoms with Crippen molar-refractivity contribution in [2.75, 3.05) is 11.9 Å². The van der Waals surface area contributed by atoms with Crippen LogP contribution in [0.2, 0.25) is 0 Å². The third-order valence-electron chi connectivity index (χ3n) is 4.68. The van der Waals surface area contributed by atoms with Gasteiger partial charge in [-0.05, 0) is 48.5 Å². The molecule has 0 atom stereocenters. The molecule has 2 aromatic heterocycles. The quantitative estimate of drug-likeness (QED) is 0.401. The molecule has 0 radical (unpaired) electrons. The van der Waals surface area contributed by atoms with Gasteiger partial charge in [-0.15, -0.1) is 0 Å². The number of nitrogens with zero attached hydrogens (tertiary/aromatic N) is 3. The maximum Gasteiger partial charge on any atom is 0.255 e. The maximum atomic E-state index is 12.9. The first-order chi connectivity index (χ1) is 15.6. The number of halogens is 1. The fourth-order valence-electron chi connectivity index (χ4n) is 3.11. The van der Waals surface area contributed by atoms with Crippen LogP contribution in [0, 0.1) is 0 Å². The van der Waals surface area contributed by atoms with Gasteiger partial charge in [0.15, 0.2) is 0 Å².